The van der Waals surface area contributed by atoms with E-state index in [4.69, 9.17) is 9.15 Å². The van der Waals surface area contributed by atoms with Crippen molar-refractivity contribution in [2.75, 3.05) is 12.4 Å². The third-order valence-corrected chi connectivity index (χ3v) is 6.89. The van der Waals surface area contributed by atoms with E-state index in [-0.39, 0.29) is 6.10 Å². The maximum Gasteiger partial charge on any atom is 0.195 e. The number of benzene rings is 1. The number of oxazole rings is 1. The molecule has 0 amide bonds. The van der Waals surface area contributed by atoms with Gasteiger partial charge >= 0.3 is 0 Å². The predicted molar refractivity (Wildman–Crippen MR) is 115 cm³/mol. The molecule has 0 N–H and O–H groups in total. The molecule has 4 heterocycles. The van der Waals surface area contributed by atoms with Gasteiger partial charge in [-0.25, -0.2) is 4.98 Å². The highest BCUT2D eigenvalue weighted by Crippen LogP contribution is 2.29. The fourth-order valence-electron chi connectivity index (χ4n) is 3.55. The Morgan fingerprint density at radius 2 is 2.14 bits per heavy atom. The summed E-state index contributed by atoms with van der Waals surface area (Å²) in [5, 5.41) is 12.0. The fourth-order valence-corrected chi connectivity index (χ4v) is 5.16. The third-order valence-electron chi connectivity index (χ3n) is 4.97. The lowest BCUT2D eigenvalue weighted by Crippen LogP contribution is -2.16. The van der Waals surface area contributed by atoms with Crippen molar-refractivity contribution in [3.8, 4) is 10.7 Å². The smallest absolute Gasteiger partial charge is 0.195 e. The summed E-state index contributed by atoms with van der Waals surface area (Å²) in [5.74, 6) is 2.68. The van der Waals surface area contributed by atoms with Crippen LogP contribution < -0.4 is 0 Å². The summed E-state index contributed by atoms with van der Waals surface area (Å²) < 4.78 is 13.9. The van der Waals surface area contributed by atoms with Crippen molar-refractivity contribution < 1.29 is 9.15 Å². The Kier molecular flexibility index (Phi) is 5.64. The maximum absolute atomic E-state index is 5.86. The Morgan fingerprint density at radius 1 is 1.17 bits per heavy atom. The molecule has 6 nitrogen and oxygen atoms in total. The molecule has 4 aromatic rings. The Labute approximate surface area is 177 Å². The molecule has 1 aromatic carbocycles. The Balaban J connectivity index is 1.25. The summed E-state index contributed by atoms with van der Waals surface area (Å²) >= 11 is 3.44. The number of aryl methyl sites for hydroxylation is 1. The minimum atomic E-state index is 0.254. The second-order valence-electron chi connectivity index (χ2n) is 7.06. The highest BCUT2D eigenvalue weighted by atomic mass is 32.2. The van der Waals surface area contributed by atoms with Gasteiger partial charge in [-0.2, -0.15) is 0 Å². The molecule has 0 bridgehead atoms. The van der Waals surface area contributed by atoms with E-state index in [2.05, 4.69) is 37.3 Å². The van der Waals surface area contributed by atoms with E-state index in [9.17, 15) is 0 Å². The van der Waals surface area contributed by atoms with E-state index in [1.165, 1.54) is 0 Å². The third kappa shape index (κ3) is 4.24. The maximum atomic E-state index is 5.86. The lowest BCUT2D eigenvalue weighted by Gasteiger charge is -2.14. The first-order valence-corrected chi connectivity index (χ1v) is 11.8. The van der Waals surface area contributed by atoms with Gasteiger partial charge in [0.2, 0.25) is 0 Å². The number of fused-ring (bicyclic) bond motifs is 1. The van der Waals surface area contributed by atoms with Crippen LogP contribution in [0.1, 0.15) is 25.2 Å². The normalized spacial score (nSPS) is 16.8. The molecule has 150 valence electrons. The Morgan fingerprint density at radius 3 is 2.97 bits per heavy atom. The predicted octanol–water partition coefficient (Wildman–Crippen LogP) is 5.05. The molecule has 1 unspecified atom stereocenters. The summed E-state index contributed by atoms with van der Waals surface area (Å²) in [4.78, 5) is 5.70. The van der Waals surface area contributed by atoms with Crippen LogP contribution in [-0.2, 0) is 17.7 Å². The molecule has 0 saturated carbocycles. The molecule has 1 fully saturated rings. The molecule has 29 heavy (non-hydrogen) atoms. The van der Waals surface area contributed by atoms with E-state index in [1.807, 2.05) is 24.3 Å². The summed E-state index contributed by atoms with van der Waals surface area (Å²) in [6.45, 7) is 1.67. The topological polar surface area (TPSA) is 66.0 Å². The minimum Gasteiger partial charge on any atom is -0.441 e. The van der Waals surface area contributed by atoms with Crippen LogP contribution in [-0.4, -0.2) is 38.2 Å². The molecule has 1 aliphatic rings. The average molecular weight is 427 g/mol. The quantitative estimate of drug-likeness (QED) is 0.290. The number of nitrogens with zero attached hydrogens (tertiary/aromatic N) is 4. The summed E-state index contributed by atoms with van der Waals surface area (Å²) in [5.41, 5.74) is 1.78. The fraction of sp³-hybridized carbons (Fsp3) is 0.381. The average Bonchev–Trinajstić information content (AvgIpc) is 3.52. The van der Waals surface area contributed by atoms with E-state index < -0.39 is 0 Å². The molecular formula is C21H22N4O2S2. The standard InChI is InChI=1S/C21H22N4O2S2/c1-2-8-17-16(7-1)22-19(27-17)10-5-13-29-21-24-23-20(18-9-4-12-28-18)25(21)14-15-6-3-11-26-15/h1-2,4,7-9,12,15H,3,5-6,10-11,13-14H2. The van der Waals surface area contributed by atoms with Crippen LogP contribution in [0.15, 0.2) is 51.4 Å². The van der Waals surface area contributed by atoms with Gasteiger partial charge in [0.1, 0.15) is 5.52 Å². The van der Waals surface area contributed by atoms with Gasteiger partial charge in [-0.3, -0.25) is 4.57 Å². The monoisotopic (exact) mass is 426 g/mol. The molecule has 5 rings (SSSR count). The molecule has 0 aliphatic carbocycles. The summed E-state index contributed by atoms with van der Waals surface area (Å²) in [6.07, 6.45) is 4.28. The molecule has 1 atom stereocenters. The molecule has 1 aliphatic heterocycles. The Bertz CT molecular complexity index is 1030. The number of hydrogen-bond donors (Lipinski definition) is 0. The van der Waals surface area contributed by atoms with Crippen LogP contribution in [0.3, 0.4) is 0 Å². The zero-order valence-corrected chi connectivity index (χ0v) is 17.6. The summed E-state index contributed by atoms with van der Waals surface area (Å²) in [6, 6.07) is 12.0. The Hall–Kier alpha value is -2.16. The first-order valence-electron chi connectivity index (χ1n) is 9.93. The molecule has 1 saturated heterocycles. The highest BCUT2D eigenvalue weighted by molar-refractivity contribution is 7.99. The SMILES string of the molecule is c1csc(-c2nnc(SCCCc3nc4ccccc4o3)n2CC2CCCO2)c1. The van der Waals surface area contributed by atoms with Gasteiger partial charge in [0.25, 0.3) is 0 Å². The van der Waals surface area contributed by atoms with Crippen LogP contribution in [0.25, 0.3) is 21.8 Å². The van der Waals surface area contributed by atoms with E-state index in [1.54, 1.807) is 23.1 Å². The van der Waals surface area contributed by atoms with Crippen LogP contribution in [0.5, 0.6) is 0 Å². The van der Waals surface area contributed by atoms with Crippen molar-refractivity contribution in [2.45, 2.75) is 43.5 Å². The van der Waals surface area contributed by atoms with Crippen LogP contribution in [0.4, 0.5) is 0 Å². The minimum absolute atomic E-state index is 0.254. The van der Waals surface area contributed by atoms with Crippen molar-refractivity contribution in [3.63, 3.8) is 0 Å². The van der Waals surface area contributed by atoms with E-state index >= 15 is 0 Å². The first-order chi connectivity index (χ1) is 14.4. The zero-order valence-electron chi connectivity index (χ0n) is 16.0. The van der Waals surface area contributed by atoms with Gasteiger partial charge in [0.05, 0.1) is 17.5 Å². The number of aromatic nitrogens is 4. The van der Waals surface area contributed by atoms with E-state index in [0.717, 1.165) is 77.4 Å². The lowest BCUT2D eigenvalue weighted by molar-refractivity contribution is 0.0953. The summed E-state index contributed by atoms with van der Waals surface area (Å²) in [7, 11) is 0. The van der Waals surface area contributed by atoms with Crippen LogP contribution in [0, 0.1) is 0 Å². The van der Waals surface area contributed by atoms with Crippen molar-refractivity contribution >= 4 is 34.2 Å². The van der Waals surface area contributed by atoms with Crippen molar-refractivity contribution in [1.29, 1.82) is 0 Å². The number of ether oxygens (including phenoxy) is 1. The van der Waals surface area contributed by atoms with Gasteiger partial charge in [-0.05, 0) is 42.8 Å². The molecule has 3 aromatic heterocycles. The highest BCUT2D eigenvalue weighted by Gasteiger charge is 2.22. The van der Waals surface area contributed by atoms with Gasteiger partial charge in [0.15, 0.2) is 22.5 Å². The molecule has 0 spiro atoms. The van der Waals surface area contributed by atoms with Gasteiger partial charge in [-0.1, -0.05) is 30.0 Å². The number of rotatable bonds is 8. The second-order valence-corrected chi connectivity index (χ2v) is 9.07. The molecule has 8 heteroatoms. The number of thiophene rings is 1. The van der Waals surface area contributed by atoms with Crippen LogP contribution in [0.2, 0.25) is 0 Å². The largest absolute Gasteiger partial charge is 0.441 e. The number of hydrogen-bond acceptors (Lipinski definition) is 7. The number of para-hydroxylation sites is 2. The van der Waals surface area contributed by atoms with Crippen LogP contribution >= 0.6 is 23.1 Å². The molecular weight excluding hydrogens is 404 g/mol. The second kappa shape index (κ2) is 8.69. The van der Waals surface area contributed by atoms with E-state index in [0.29, 0.717) is 0 Å². The van der Waals surface area contributed by atoms with Gasteiger partial charge in [-0.15, -0.1) is 21.5 Å². The van der Waals surface area contributed by atoms with Crippen molar-refractivity contribution in [1.82, 2.24) is 19.7 Å². The first kappa shape index (κ1) is 18.8. The lowest BCUT2D eigenvalue weighted by atomic mass is 10.2. The zero-order chi connectivity index (χ0) is 19.5. The van der Waals surface area contributed by atoms with Gasteiger partial charge in [0, 0.05) is 18.8 Å². The number of thioether (sulfide) groups is 1. The molecule has 0 radical (unpaired) electrons. The van der Waals surface area contributed by atoms with Crippen molar-refractivity contribution in [2.24, 2.45) is 0 Å². The van der Waals surface area contributed by atoms with Crippen molar-refractivity contribution in [3.05, 3.63) is 47.7 Å². The van der Waals surface area contributed by atoms with Gasteiger partial charge < -0.3 is 9.15 Å².